The Morgan fingerprint density at radius 3 is 2.30 bits per heavy atom. The Labute approximate surface area is 142 Å². The summed E-state index contributed by atoms with van der Waals surface area (Å²) in [6, 6.07) is 16.1. The molecule has 122 valence electrons. The number of benzene rings is 2. The smallest absolute Gasteiger partial charge is 0.207 e. The van der Waals surface area contributed by atoms with Gasteiger partial charge in [-0.2, -0.15) is 4.31 Å². The zero-order valence-corrected chi connectivity index (χ0v) is 14.4. The van der Waals surface area contributed by atoms with Crippen molar-refractivity contribution in [1.82, 2.24) is 4.31 Å². The first-order chi connectivity index (χ1) is 11.1. The third-order valence-electron chi connectivity index (χ3n) is 4.31. The molecule has 2 aromatic rings. The Morgan fingerprint density at radius 1 is 0.913 bits per heavy atom. The quantitative estimate of drug-likeness (QED) is 0.809. The first-order valence-electron chi connectivity index (χ1n) is 7.91. The molecule has 0 N–H and O–H groups in total. The van der Waals surface area contributed by atoms with Crippen LogP contribution in [0.25, 0.3) is 0 Å². The molecule has 5 heteroatoms. The minimum absolute atomic E-state index is 0.125. The van der Waals surface area contributed by atoms with Gasteiger partial charge in [-0.05, 0) is 42.7 Å². The van der Waals surface area contributed by atoms with E-state index in [0.717, 1.165) is 31.2 Å². The van der Waals surface area contributed by atoms with Gasteiger partial charge >= 0.3 is 0 Å². The SMILES string of the molecule is O=S(=O)(c1ccccc1)N1CCCCC[C@H]1c1ccc(Cl)cc1. The third kappa shape index (κ3) is 3.60. The largest absolute Gasteiger partial charge is 0.243 e. The maximum Gasteiger partial charge on any atom is 0.243 e. The molecular weight excluding hydrogens is 330 g/mol. The second-order valence-corrected chi connectivity index (χ2v) is 8.17. The van der Waals surface area contributed by atoms with E-state index in [4.69, 9.17) is 11.6 Å². The monoisotopic (exact) mass is 349 g/mol. The second kappa shape index (κ2) is 7.04. The van der Waals surface area contributed by atoms with Crippen molar-refractivity contribution in [3.63, 3.8) is 0 Å². The summed E-state index contributed by atoms with van der Waals surface area (Å²) in [4.78, 5) is 0.362. The molecule has 3 rings (SSSR count). The normalized spacial score (nSPS) is 20.1. The van der Waals surface area contributed by atoms with Crippen molar-refractivity contribution >= 4 is 21.6 Å². The van der Waals surface area contributed by atoms with Gasteiger partial charge in [-0.15, -0.1) is 0 Å². The van der Waals surface area contributed by atoms with E-state index in [1.165, 1.54) is 0 Å². The fourth-order valence-electron chi connectivity index (χ4n) is 3.12. The molecule has 0 saturated carbocycles. The maximum atomic E-state index is 13.1. The highest BCUT2D eigenvalue weighted by Gasteiger charge is 2.33. The van der Waals surface area contributed by atoms with Gasteiger partial charge in [0, 0.05) is 11.6 Å². The Hall–Kier alpha value is -1.36. The number of hydrogen-bond acceptors (Lipinski definition) is 2. The van der Waals surface area contributed by atoms with Crippen LogP contribution in [0.4, 0.5) is 0 Å². The van der Waals surface area contributed by atoms with Gasteiger partial charge in [-0.3, -0.25) is 0 Å². The van der Waals surface area contributed by atoms with Gasteiger partial charge in [0.15, 0.2) is 0 Å². The summed E-state index contributed by atoms with van der Waals surface area (Å²) < 4.78 is 27.8. The van der Waals surface area contributed by atoms with E-state index in [9.17, 15) is 8.42 Å². The van der Waals surface area contributed by atoms with Crippen molar-refractivity contribution in [3.05, 3.63) is 65.2 Å². The highest BCUT2D eigenvalue weighted by molar-refractivity contribution is 7.89. The van der Waals surface area contributed by atoms with E-state index >= 15 is 0 Å². The third-order valence-corrected chi connectivity index (χ3v) is 6.48. The molecule has 1 aliphatic rings. The van der Waals surface area contributed by atoms with Crippen LogP contribution in [0.2, 0.25) is 5.02 Å². The number of hydrogen-bond donors (Lipinski definition) is 0. The topological polar surface area (TPSA) is 37.4 Å². The summed E-state index contributed by atoms with van der Waals surface area (Å²) >= 11 is 5.97. The molecule has 0 aromatic heterocycles. The molecule has 3 nitrogen and oxygen atoms in total. The van der Waals surface area contributed by atoms with Crippen LogP contribution >= 0.6 is 11.6 Å². The second-order valence-electron chi connectivity index (χ2n) is 5.85. The molecule has 23 heavy (non-hydrogen) atoms. The standard InChI is InChI=1S/C18H20ClNO2S/c19-16-12-10-15(11-13-16)18-9-5-2-6-14-20(18)23(21,22)17-7-3-1-4-8-17/h1,3-4,7-8,10-13,18H,2,5-6,9,14H2/t18-/m0/s1. The predicted octanol–water partition coefficient (Wildman–Crippen LogP) is 4.65. The van der Waals surface area contributed by atoms with Crippen LogP contribution in [-0.2, 0) is 10.0 Å². The molecule has 0 spiro atoms. The molecule has 1 heterocycles. The van der Waals surface area contributed by atoms with Crippen LogP contribution in [-0.4, -0.2) is 19.3 Å². The van der Waals surface area contributed by atoms with Gasteiger partial charge in [0.25, 0.3) is 0 Å². The van der Waals surface area contributed by atoms with E-state index < -0.39 is 10.0 Å². The number of sulfonamides is 1. The van der Waals surface area contributed by atoms with Crippen molar-refractivity contribution in [3.8, 4) is 0 Å². The molecule has 0 aliphatic carbocycles. The Kier molecular flexibility index (Phi) is 5.05. The molecule has 0 amide bonds. The Bertz CT molecular complexity index is 744. The molecule has 1 atom stereocenters. The van der Waals surface area contributed by atoms with E-state index in [1.54, 1.807) is 28.6 Å². The highest BCUT2D eigenvalue weighted by atomic mass is 35.5. The van der Waals surface area contributed by atoms with E-state index in [2.05, 4.69) is 0 Å². The minimum Gasteiger partial charge on any atom is -0.207 e. The molecule has 1 aliphatic heterocycles. The van der Waals surface area contributed by atoms with Crippen LogP contribution in [0.15, 0.2) is 59.5 Å². The summed E-state index contributed by atoms with van der Waals surface area (Å²) in [6.45, 7) is 0.560. The summed E-state index contributed by atoms with van der Waals surface area (Å²) in [5.41, 5.74) is 1.01. The summed E-state index contributed by atoms with van der Waals surface area (Å²) in [5.74, 6) is 0. The molecule has 0 bridgehead atoms. The zero-order valence-electron chi connectivity index (χ0n) is 12.9. The number of halogens is 1. The Balaban J connectivity index is 2.01. The molecular formula is C18H20ClNO2S. The van der Waals surface area contributed by atoms with Gasteiger partial charge in [0.1, 0.15) is 0 Å². The lowest BCUT2D eigenvalue weighted by Crippen LogP contribution is -2.34. The molecule has 0 radical (unpaired) electrons. The van der Waals surface area contributed by atoms with Gasteiger partial charge < -0.3 is 0 Å². The summed E-state index contributed by atoms with van der Waals surface area (Å²) in [5, 5.41) is 0.667. The van der Waals surface area contributed by atoms with E-state index in [0.29, 0.717) is 16.5 Å². The highest BCUT2D eigenvalue weighted by Crippen LogP contribution is 2.35. The van der Waals surface area contributed by atoms with E-state index in [-0.39, 0.29) is 6.04 Å². The molecule has 1 fully saturated rings. The lowest BCUT2D eigenvalue weighted by molar-refractivity contribution is 0.329. The van der Waals surface area contributed by atoms with Crippen LogP contribution in [0.1, 0.15) is 37.3 Å². The van der Waals surface area contributed by atoms with Crippen molar-refractivity contribution in [2.75, 3.05) is 6.54 Å². The first-order valence-corrected chi connectivity index (χ1v) is 9.73. The summed E-state index contributed by atoms with van der Waals surface area (Å²) in [6.07, 6.45) is 3.84. The van der Waals surface area contributed by atoms with E-state index in [1.807, 2.05) is 30.3 Å². The molecule has 2 aromatic carbocycles. The van der Waals surface area contributed by atoms with Crippen molar-refractivity contribution in [2.45, 2.75) is 36.6 Å². The van der Waals surface area contributed by atoms with Crippen LogP contribution in [0.5, 0.6) is 0 Å². The average Bonchev–Trinajstić information content (AvgIpc) is 2.83. The predicted molar refractivity (Wildman–Crippen MR) is 93.0 cm³/mol. The van der Waals surface area contributed by atoms with Gasteiger partial charge in [0.05, 0.1) is 10.9 Å². The van der Waals surface area contributed by atoms with Crippen LogP contribution < -0.4 is 0 Å². The fraction of sp³-hybridized carbons (Fsp3) is 0.333. The van der Waals surface area contributed by atoms with Crippen LogP contribution in [0, 0.1) is 0 Å². The molecule has 1 saturated heterocycles. The number of nitrogens with zero attached hydrogens (tertiary/aromatic N) is 1. The van der Waals surface area contributed by atoms with Gasteiger partial charge in [-0.25, -0.2) is 8.42 Å². The first kappa shape index (κ1) is 16.5. The van der Waals surface area contributed by atoms with Crippen molar-refractivity contribution in [1.29, 1.82) is 0 Å². The summed E-state index contributed by atoms with van der Waals surface area (Å²) in [7, 11) is -3.49. The number of rotatable bonds is 3. The maximum absolute atomic E-state index is 13.1. The van der Waals surface area contributed by atoms with Gasteiger partial charge in [0.2, 0.25) is 10.0 Å². The van der Waals surface area contributed by atoms with Crippen LogP contribution in [0.3, 0.4) is 0 Å². The average molecular weight is 350 g/mol. The van der Waals surface area contributed by atoms with Crippen molar-refractivity contribution in [2.24, 2.45) is 0 Å². The molecule has 0 unspecified atom stereocenters. The Morgan fingerprint density at radius 2 is 1.61 bits per heavy atom. The lowest BCUT2D eigenvalue weighted by atomic mass is 10.0. The lowest BCUT2D eigenvalue weighted by Gasteiger charge is -2.29. The minimum atomic E-state index is -3.49. The van der Waals surface area contributed by atoms with Gasteiger partial charge in [-0.1, -0.05) is 54.8 Å². The fourth-order valence-corrected chi connectivity index (χ4v) is 4.94. The zero-order chi connectivity index (χ0) is 16.3. The van der Waals surface area contributed by atoms with Crippen molar-refractivity contribution < 1.29 is 8.42 Å².